The summed E-state index contributed by atoms with van der Waals surface area (Å²) in [6, 6.07) is 2.28. The summed E-state index contributed by atoms with van der Waals surface area (Å²) in [5, 5.41) is -0.869. The number of para-hydroxylation sites is 3. The molecule has 0 saturated carbocycles. The van der Waals surface area contributed by atoms with Crippen molar-refractivity contribution in [2.75, 3.05) is 0 Å². The molecule has 0 fully saturated rings. The molecule has 1 aromatic heterocycles. The molecule has 212 valence electrons. The van der Waals surface area contributed by atoms with E-state index in [0.717, 1.165) is 4.57 Å². The van der Waals surface area contributed by atoms with Gasteiger partial charge in [-0.05, 0) is 64.6 Å². The molecular formula is C43H29NO. The molecule has 8 aromatic rings. The van der Waals surface area contributed by atoms with Crippen LogP contribution >= 0.6 is 0 Å². The summed E-state index contributed by atoms with van der Waals surface area (Å²) < 4.78 is 179. The van der Waals surface area contributed by atoms with Crippen LogP contribution in [0.25, 0.3) is 38.6 Å². The first-order chi connectivity index (χ1) is 30.2. The molecule has 1 aliphatic rings. The van der Waals surface area contributed by atoms with Crippen molar-refractivity contribution in [3.05, 3.63) is 198 Å². The van der Waals surface area contributed by atoms with Gasteiger partial charge in [0.1, 0.15) is 11.5 Å². The van der Waals surface area contributed by atoms with Gasteiger partial charge in [0.25, 0.3) is 0 Å². The number of hydrogen-bond donors (Lipinski definition) is 0. The molecule has 0 amide bonds. The Morgan fingerprint density at radius 3 is 1.96 bits per heavy atom. The predicted octanol–water partition coefficient (Wildman–Crippen LogP) is 10.9. The average molecular weight is 595 g/mol. The van der Waals surface area contributed by atoms with Crippen LogP contribution in [0.2, 0.25) is 0 Å². The molecule has 0 unspecified atom stereocenters. The molecule has 0 atom stereocenters. The Balaban J connectivity index is 1.58. The Kier molecular flexibility index (Phi) is 2.92. The van der Waals surface area contributed by atoms with Gasteiger partial charge in [0, 0.05) is 27.6 Å². The molecule has 0 saturated heterocycles. The summed E-state index contributed by atoms with van der Waals surface area (Å²) in [5.74, 6) is -0.821. The summed E-state index contributed by atoms with van der Waals surface area (Å²) in [6.07, 6.45) is 0. The summed E-state index contributed by atoms with van der Waals surface area (Å²) in [7, 11) is 0. The molecule has 0 radical (unpaired) electrons. The molecule has 0 aliphatic carbocycles. The van der Waals surface area contributed by atoms with Crippen LogP contribution in [0, 0.1) is 0 Å². The van der Waals surface area contributed by atoms with Crippen LogP contribution in [0.3, 0.4) is 0 Å². The maximum atomic E-state index is 10.3. The standard InChI is InChI=1S/C43H29NO/c1-4-15-31(16-5-1)43(32-17-6-2-7-18-32)36-23-11-13-26-40(36)45-41-28-27-30(29-37(41)43)34-22-14-25-39-42(34)35-21-10-12-24-38(35)44(39)33-19-8-3-9-20-33/h1-29H/i3D,8D,9D,10D,11D,12D,13D,14D,19D,20D,21D,22D,23D,24D,25D,26D,27D,28D,29D. The van der Waals surface area contributed by atoms with E-state index in [9.17, 15) is 9.60 Å². The maximum absolute atomic E-state index is 10.3. The smallest absolute Gasteiger partial charge is 0.132 e. The van der Waals surface area contributed by atoms with Gasteiger partial charge in [-0.15, -0.1) is 0 Å². The van der Waals surface area contributed by atoms with E-state index < -0.39 is 165 Å². The van der Waals surface area contributed by atoms with Crippen molar-refractivity contribution in [1.29, 1.82) is 0 Å². The SMILES string of the molecule is [2H]c1c([2H])c([2H])c(-n2c3c([2H])c([2H])c([2H])c([2H])c3c3c(-c4c([2H])c([2H])c5c(c4[2H])C(c4ccccc4)(c4ccccc4)c4c([2H])c([2H])c([2H])c([2H])c4O5)c([2H])c([2H])c([2H])c32)c([2H])c1[2H]. The predicted molar refractivity (Wildman–Crippen MR) is 185 cm³/mol. The minimum atomic E-state index is -1.94. The molecule has 7 aromatic carbocycles. The highest BCUT2D eigenvalue weighted by Gasteiger charge is 2.45. The normalized spacial score (nSPS) is 19.2. The number of hydrogen-bond acceptors (Lipinski definition) is 1. The van der Waals surface area contributed by atoms with Gasteiger partial charge >= 0.3 is 0 Å². The van der Waals surface area contributed by atoms with E-state index in [4.69, 9.17) is 21.2 Å². The Morgan fingerprint density at radius 1 is 0.533 bits per heavy atom. The molecule has 0 bridgehead atoms. The van der Waals surface area contributed by atoms with Gasteiger partial charge < -0.3 is 9.30 Å². The number of rotatable bonds is 4. The molecule has 2 heterocycles. The summed E-state index contributed by atoms with van der Waals surface area (Å²) in [6.45, 7) is 0. The highest BCUT2D eigenvalue weighted by Crippen LogP contribution is 2.56. The van der Waals surface area contributed by atoms with Gasteiger partial charge in [0.05, 0.1) is 42.5 Å². The average Bonchev–Trinajstić information content (AvgIpc) is 3.64. The lowest BCUT2D eigenvalue weighted by atomic mass is 9.63. The van der Waals surface area contributed by atoms with E-state index in [-0.39, 0.29) is 16.9 Å². The van der Waals surface area contributed by atoms with E-state index in [1.807, 2.05) is 0 Å². The molecule has 0 N–H and O–H groups in total. The lowest BCUT2D eigenvalue weighted by Crippen LogP contribution is -2.34. The third-order valence-electron chi connectivity index (χ3n) is 7.98. The zero-order valence-corrected chi connectivity index (χ0v) is 23.1. The Morgan fingerprint density at radius 2 is 1.18 bits per heavy atom. The zero-order chi connectivity index (χ0) is 46.3. The zero-order valence-electron chi connectivity index (χ0n) is 42.1. The fraction of sp³-hybridized carbons (Fsp3) is 0.0233. The van der Waals surface area contributed by atoms with Crippen molar-refractivity contribution in [2.24, 2.45) is 0 Å². The second-order valence-electron chi connectivity index (χ2n) is 10.2. The van der Waals surface area contributed by atoms with E-state index in [0.29, 0.717) is 11.1 Å². The van der Waals surface area contributed by atoms with Gasteiger partial charge in [0.15, 0.2) is 0 Å². The van der Waals surface area contributed by atoms with Crippen molar-refractivity contribution < 1.29 is 30.8 Å². The fourth-order valence-electron chi connectivity index (χ4n) is 6.19. The monoisotopic (exact) mass is 594 g/mol. The fourth-order valence-corrected chi connectivity index (χ4v) is 6.19. The molecule has 1 aliphatic heterocycles. The molecule has 9 rings (SSSR count). The number of nitrogens with zero attached hydrogens (tertiary/aromatic N) is 1. The highest BCUT2D eigenvalue weighted by molar-refractivity contribution is 6.15. The van der Waals surface area contributed by atoms with Crippen LogP contribution in [0.5, 0.6) is 11.5 Å². The number of fused-ring (bicyclic) bond motifs is 5. The van der Waals surface area contributed by atoms with Crippen molar-refractivity contribution in [2.45, 2.75) is 5.41 Å². The Hall–Kier alpha value is -5.86. The van der Waals surface area contributed by atoms with Crippen molar-refractivity contribution in [1.82, 2.24) is 4.57 Å². The van der Waals surface area contributed by atoms with Crippen LogP contribution in [-0.2, 0) is 5.41 Å². The third kappa shape index (κ3) is 3.76. The lowest BCUT2D eigenvalue weighted by molar-refractivity contribution is 0.434. The van der Waals surface area contributed by atoms with Crippen molar-refractivity contribution in [3.63, 3.8) is 0 Å². The first kappa shape index (κ1) is 13.0. The third-order valence-corrected chi connectivity index (χ3v) is 7.98. The highest BCUT2D eigenvalue weighted by atomic mass is 16.5. The van der Waals surface area contributed by atoms with E-state index >= 15 is 0 Å². The molecule has 2 heteroatoms. The maximum Gasteiger partial charge on any atom is 0.132 e. The van der Waals surface area contributed by atoms with Crippen LogP contribution in [0.4, 0.5) is 0 Å². The molecule has 45 heavy (non-hydrogen) atoms. The molecule has 2 nitrogen and oxygen atoms in total. The first-order valence-electron chi connectivity index (χ1n) is 23.4. The molecular weight excluding hydrogens is 546 g/mol. The largest absolute Gasteiger partial charge is 0.457 e. The Labute approximate surface area is 289 Å². The minimum absolute atomic E-state index is 0.147. The second-order valence-corrected chi connectivity index (χ2v) is 10.2. The minimum Gasteiger partial charge on any atom is -0.457 e. The number of benzene rings is 7. The van der Waals surface area contributed by atoms with E-state index in [2.05, 4.69) is 0 Å². The van der Waals surface area contributed by atoms with E-state index in [1.165, 1.54) is 0 Å². The number of ether oxygens (including phenoxy) is 1. The van der Waals surface area contributed by atoms with E-state index in [1.54, 1.807) is 60.7 Å². The first-order valence-corrected chi connectivity index (χ1v) is 13.9. The van der Waals surface area contributed by atoms with Gasteiger partial charge in [0.2, 0.25) is 0 Å². The summed E-state index contributed by atoms with van der Waals surface area (Å²) in [5.41, 5.74) is -4.42. The van der Waals surface area contributed by atoms with Crippen LogP contribution in [0.15, 0.2) is 175 Å². The van der Waals surface area contributed by atoms with Crippen molar-refractivity contribution in [3.8, 4) is 28.3 Å². The van der Waals surface area contributed by atoms with Crippen LogP contribution < -0.4 is 4.74 Å². The van der Waals surface area contributed by atoms with Crippen molar-refractivity contribution >= 4 is 21.8 Å². The van der Waals surface area contributed by atoms with Crippen LogP contribution in [-0.4, -0.2) is 4.57 Å². The molecule has 0 spiro atoms. The van der Waals surface area contributed by atoms with Gasteiger partial charge in [-0.1, -0.05) is 133 Å². The van der Waals surface area contributed by atoms with Gasteiger partial charge in [-0.3, -0.25) is 0 Å². The van der Waals surface area contributed by atoms with Gasteiger partial charge in [-0.25, -0.2) is 0 Å². The Bertz CT molecular complexity index is 3340. The topological polar surface area (TPSA) is 14.2 Å². The van der Waals surface area contributed by atoms with Crippen LogP contribution in [0.1, 0.15) is 48.3 Å². The summed E-state index contributed by atoms with van der Waals surface area (Å²) >= 11 is 0. The quantitative estimate of drug-likeness (QED) is 0.198. The van der Waals surface area contributed by atoms with Gasteiger partial charge in [-0.2, -0.15) is 0 Å². The number of aromatic nitrogens is 1. The summed E-state index contributed by atoms with van der Waals surface area (Å²) in [4.78, 5) is 0. The lowest BCUT2D eigenvalue weighted by Gasteiger charge is -2.41. The second kappa shape index (κ2) is 10.1.